The molecule has 0 amide bonds. The minimum Gasteiger partial charge on any atom is -0.469 e. The summed E-state index contributed by atoms with van der Waals surface area (Å²) in [6.45, 7) is 8.51. The molecule has 0 aromatic carbocycles. The normalized spacial score (nSPS) is 15.5. The second-order valence-electron chi connectivity index (χ2n) is 11.2. The van der Waals surface area contributed by atoms with Crippen LogP contribution in [-0.4, -0.2) is 0 Å². The zero-order valence-corrected chi connectivity index (χ0v) is 25.6. The highest BCUT2D eigenvalue weighted by Gasteiger charge is 2.52. The lowest BCUT2D eigenvalue weighted by molar-refractivity contribution is 0.108. The molecule has 0 aliphatic carbocycles. The lowest BCUT2D eigenvalue weighted by atomic mass is 9.56. The van der Waals surface area contributed by atoms with Gasteiger partial charge in [-0.1, -0.05) is 13.0 Å². The van der Waals surface area contributed by atoms with Gasteiger partial charge in [-0.05, 0) is 106 Å². The summed E-state index contributed by atoms with van der Waals surface area (Å²) in [6, 6.07) is 25.6. The molecule has 6 heterocycles. The summed E-state index contributed by atoms with van der Waals surface area (Å²) in [7, 11) is 0. The van der Waals surface area contributed by atoms with Crippen LogP contribution >= 0.6 is 22.7 Å². The minimum atomic E-state index is -0.365. The van der Waals surface area contributed by atoms with E-state index in [0.29, 0.717) is 6.42 Å². The van der Waals surface area contributed by atoms with Gasteiger partial charge >= 0.3 is 0 Å². The highest BCUT2D eigenvalue weighted by molar-refractivity contribution is 7.11. The first-order valence-corrected chi connectivity index (χ1v) is 15.9. The van der Waals surface area contributed by atoms with Crippen molar-refractivity contribution in [2.75, 3.05) is 0 Å². The van der Waals surface area contributed by atoms with Crippen molar-refractivity contribution in [3.05, 3.63) is 140 Å². The Hall–Kier alpha value is -3.48. The van der Waals surface area contributed by atoms with Crippen LogP contribution in [0.15, 0.2) is 108 Å². The quantitative estimate of drug-likeness (QED) is 0.144. The summed E-state index contributed by atoms with van der Waals surface area (Å²) in [5, 5.41) is 2.18. The Balaban J connectivity index is 1.64. The standard InChI is InChI=1S/C35H36O4S2/c1-23-11-15-32(38-23)30(20-27-8-5-17-36-27)35(21-28-9-7-19-40-28,22-29-14-13-25(3)41-29)34(33-16-12-24(2)39-33)26(4)31-10-6-18-37-31/h5-19,26,30,34H,20-22H2,1-4H3. The number of hydrogen-bond donors (Lipinski definition) is 0. The van der Waals surface area contributed by atoms with Crippen LogP contribution in [0.1, 0.15) is 73.9 Å². The Bertz CT molecular complexity index is 1630. The molecule has 0 bridgehead atoms. The van der Waals surface area contributed by atoms with Crippen LogP contribution in [0.25, 0.3) is 0 Å². The molecule has 6 heteroatoms. The molecule has 4 unspecified atom stereocenters. The Labute approximate surface area is 249 Å². The zero-order chi connectivity index (χ0) is 28.4. The van der Waals surface area contributed by atoms with Crippen LogP contribution in [0, 0.1) is 26.2 Å². The van der Waals surface area contributed by atoms with Crippen molar-refractivity contribution >= 4 is 22.7 Å². The Kier molecular flexibility index (Phi) is 7.96. The molecule has 0 aliphatic heterocycles. The van der Waals surface area contributed by atoms with Gasteiger partial charge in [0.05, 0.1) is 12.5 Å². The molecule has 6 rings (SSSR count). The van der Waals surface area contributed by atoms with E-state index in [2.05, 4.69) is 79.9 Å². The fraction of sp³-hybridized carbons (Fsp3) is 0.314. The Morgan fingerprint density at radius 2 is 1.44 bits per heavy atom. The fourth-order valence-electron chi connectivity index (χ4n) is 6.61. The lowest BCUT2D eigenvalue weighted by Crippen LogP contribution is -2.42. The highest BCUT2D eigenvalue weighted by atomic mass is 32.1. The molecular formula is C35H36O4S2. The van der Waals surface area contributed by atoms with Crippen molar-refractivity contribution in [1.82, 2.24) is 0 Å². The molecule has 0 N–H and O–H groups in total. The maximum atomic E-state index is 6.57. The number of aryl methyl sites for hydroxylation is 3. The van der Waals surface area contributed by atoms with E-state index in [1.54, 1.807) is 12.5 Å². The van der Waals surface area contributed by atoms with E-state index in [1.807, 2.05) is 48.7 Å². The molecule has 6 aromatic heterocycles. The lowest BCUT2D eigenvalue weighted by Gasteiger charge is -2.47. The van der Waals surface area contributed by atoms with E-state index in [9.17, 15) is 0 Å². The van der Waals surface area contributed by atoms with E-state index in [0.717, 1.165) is 47.4 Å². The maximum absolute atomic E-state index is 6.57. The molecule has 212 valence electrons. The topological polar surface area (TPSA) is 52.6 Å². The van der Waals surface area contributed by atoms with Gasteiger partial charge in [-0.3, -0.25) is 0 Å². The molecule has 0 spiro atoms. The Morgan fingerprint density at radius 3 is 2.02 bits per heavy atom. The van der Waals surface area contributed by atoms with E-state index in [4.69, 9.17) is 17.7 Å². The zero-order valence-electron chi connectivity index (χ0n) is 24.0. The highest BCUT2D eigenvalue weighted by Crippen LogP contribution is 2.58. The SMILES string of the molecule is Cc1ccc(C(Cc2ccco2)C(Cc2cccs2)(Cc2ccc(C)s2)C(c2ccc(C)o2)C(C)c2ccco2)o1. The molecule has 6 aromatic rings. The summed E-state index contributed by atoms with van der Waals surface area (Å²) < 4.78 is 25.2. The van der Waals surface area contributed by atoms with E-state index >= 15 is 0 Å². The summed E-state index contributed by atoms with van der Waals surface area (Å²) in [4.78, 5) is 4.00. The van der Waals surface area contributed by atoms with E-state index in [-0.39, 0.29) is 23.2 Å². The molecule has 0 saturated heterocycles. The van der Waals surface area contributed by atoms with Gasteiger partial charge in [-0.15, -0.1) is 22.7 Å². The third-order valence-corrected chi connectivity index (χ3v) is 10.2. The van der Waals surface area contributed by atoms with Crippen LogP contribution in [0.3, 0.4) is 0 Å². The molecule has 0 saturated carbocycles. The van der Waals surface area contributed by atoms with Gasteiger partial charge in [-0.25, -0.2) is 0 Å². The second kappa shape index (κ2) is 11.8. The van der Waals surface area contributed by atoms with Gasteiger partial charge in [0.15, 0.2) is 0 Å². The minimum absolute atomic E-state index is 0.0142. The molecule has 0 fully saturated rings. The average Bonchev–Trinajstić information content (AvgIpc) is 3.78. The van der Waals surface area contributed by atoms with Crippen molar-refractivity contribution in [2.45, 2.75) is 64.7 Å². The van der Waals surface area contributed by atoms with Gasteiger partial charge in [0, 0.05) is 44.2 Å². The third-order valence-electron chi connectivity index (χ3n) is 8.35. The summed E-state index contributed by atoms with van der Waals surface area (Å²) in [5.41, 5.74) is -0.365. The largest absolute Gasteiger partial charge is 0.469 e. The molecule has 41 heavy (non-hydrogen) atoms. The van der Waals surface area contributed by atoms with Crippen LogP contribution < -0.4 is 0 Å². The number of thiophene rings is 2. The van der Waals surface area contributed by atoms with Crippen molar-refractivity contribution in [2.24, 2.45) is 5.41 Å². The predicted molar refractivity (Wildman–Crippen MR) is 165 cm³/mol. The smallest absolute Gasteiger partial charge is 0.108 e. The van der Waals surface area contributed by atoms with Crippen LogP contribution in [0.4, 0.5) is 0 Å². The Morgan fingerprint density at radius 1 is 0.707 bits per heavy atom. The maximum Gasteiger partial charge on any atom is 0.108 e. The van der Waals surface area contributed by atoms with E-state index in [1.165, 1.54) is 14.6 Å². The number of hydrogen-bond acceptors (Lipinski definition) is 6. The monoisotopic (exact) mass is 584 g/mol. The van der Waals surface area contributed by atoms with Gasteiger partial charge in [-0.2, -0.15) is 0 Å². The van der Waals surface area contributed by atoms with Gasteiger partial charge in [0.2, 0.25) is 0 Å². The van der Waals surface area contributed by atoms with Crippen molar-refractivity contribution in [3.63, 3.8) is 0 Å². The first-order valence-electron chi connectivity index (χ1n) is 14.2. The van der Waals surface area contributed by atoms with Crippen molar-refractivity contribution in [3.8, 4) is 0 Å². The van der Waals surface area contributed by atoms with E-state index < -0.39 is 0 Å². The fourth-order valence-corrected chi connectivity index (χ4v) is 8.48. The van der Waals surface area contributed by atoms with Crippen molar-refractivity contribution in [1.29, 1.82) is 0 Å². The van der Waals surface area contributed by atoms with Gasteiger partial charge < -0.3 is 17.7 Å². The molecule has 4 nitrogen and oxygen atoms in total. The summed E-state index contributed by atoms with van der Waals surface area (Å²) in [6.07, 6.45) is 5.95. The van der Waals surface area contributed by atoms with Crippen molar-refractivity contribution < 1.29 is 17.7 Å². The second-order valence-corrected chi connectivity index (χ2v) is 13.6. The number of rotatable bonds is 12. The van der Waals surface area contributed by atoms with Crippen LogP contribution in [0.2, 0.25) is 0 Å². The molecule has 4 atom stereocenters. The summed E-state index contributed by atoms with van der Waals surface area (Å²) in [5.74, 6) is 5.66. The predicted octanol–water partition coefficient (Wildman–Crippen LogP) is 10.5. The first kappa shape index (κ1) is 27.7. The average molecular weight is 585 g/mol. The molecule has 0 aliphatic rings. The van der Waals surface area contributed by atoms with Crippen LogP contribution in [-0.2, 0) is 19.3 Å². The first-order chi connectivity index (χ1) is 19.9. The molecule has 0 radical (unpaired) electrons. The van der Waals surface area contributed by atoms with Crippen LogP contribution in [0.5, 0.6) is 0 Å². The third kappa shape index (κ3) is 5.81. The van der Waals surface area contributed by atoms with Gasteiger partial charge in [0.25, 0.3) is 0 Å². The number of furan rings is 4. The molecular weight excluding hydrogens is 549 g/mol. The van der Waals surface area contributed by atoms with Gasteiger partial charge in [0.1, 0.15) is 34.6 Å². The summed E-state index contributed by atoms with van der Waals surface area (Å²) >= 11 is 3.69.